The molecule has 0 unspecified atom stereocenters. The summed E-state index contributed by atoms with van der Waals surface area (Å²) in [6, 6.07) is 8.24. The van der Waals surface area contributed by atoms with E-state index >= 15 is 0 Å². The van der Waals surface area contributed by atoms with Gasteiger partial charge in [0.2, 0.25) is 0 Å². The number of fused-ring (bicyclic) bond motifs is 1. The lowest BCUT2D eigenvalue weighted by Crippen LogP contribution is -1.91. The zero-order valence-corrected chi connectivity index (χ0v) is 7.98. The second-order valence-electron chi connectivity index (χ2n) is 3.19. The number of hydrogen-bond donors (Lipinski definition) is 0. The van der Waals surface area contributed by atoms with Crippen LogP contribution < -0.4 is 0 Å². The molecule has 0 saturated heterocycles. The first-order valence-corrected chi connectivity index (χ1v) is 4.24. The topological polar surface area (TPSA) is 45.2 Å². The standard InChI is InChI=1S/C10H9N3O/c1-7-3-4-9-8(5-7)12-10(6-11-14)13(9)2/h3-5H,1-2H3. The fraction of sp³-hybridized carbons (Fsp3) is 0.200. The number of nitrogens with zero attached hydrogens (tertiary/aromatic N) is 3. The monoisotopic (exact) mass is 187 g/mol. The highest BCUT2D eigenvalue weighted by Gasteiger charge is 2.08. The molecule has 0 fully saturated rings. The maximum absolute atomic E-state index is 10.1. The van der Waals surface area contributed by atoms with E-state index in [0.717, 1.165) is 16.6 Å². The molecule has 0 atom stereocenters. The van der Waals surface area contributed by atoms with E-state index < -0.39 is 0 Å². The maximum Gasteiger partial charge on any atom is 0.376 e. The van der Waals surface area contributed by atoms with E-state index in [1.165, 1.54) is 0 Å². The van der Waals surface area contributed by atoms with Crippen LogP contribution in [0.2, 0.25) is 0 Å². The zero-order chi connectivity index (χ0) is 10.1. The Labute approximate surface area is 81.2 Å². The van der Waals surface area contributed by atoms with Crippen LogP contribution in [0.15, 0.2) is 18.2 Å². The van der Waals surface area contributed by atoms with Crippen LogP contribution in [0, 0.1) is 18.2 Å². The minimum Gasteiger partial charge on any atom is -0.498 e. The summed E-state index contributed by atoms with van der Waals surface area (Å²) in [5.41, 5.74) is 2.97. The van der Waals surface area contributed by atoms with Gasteiger partial charge in [0.25, 0.3) is 5.82 Å². The fourth-order valence-corrected chi connectivity index (χ4v) is 1.45. The molecule has 2 aromatic rings. The number of imidazole rings is 1. The van der Waals surface area contributed by atoms with Crippen LogP contribution in [-0.4, -0.2) is 9.55 Å². The third kappa shape index (κ3) is 1.19. The van der Waals surface area contributed by atoms with E-state index in [-0.39, 0.29) is 0 Å². The third-order valence-electron chi connectivity index (χ3n) is 2.18. The molecule has 0 amide bonds. The summed E-state index contributed by atoms with van der Waals surface area (Å²) in [5, 5.41) is 12.7. The molecule has 0 aliphatic carbocycles. The minimum absolute atomic E-state index is 0.459. The number of aryl methyl sites for hydroxylation is 2. The molecule has 0 bridgehead atoms. The molecule has 4 nitrogen and oxygen atoms in total. The van der Waals surface area contributed by atoms with Crippen molar-refractivity contribution in [2.24, 2.45) is 7.05 Å². The maximum atomic E-state index is 10.1. The van der Waals surface area contributed by atoms with Crippen LogP contribution in [0.5, 0.6) is 0 Å². The van der Waals surface area contributed by atoms with Crippen molar-refractivity contribution in [2.45, 2.75) is 6.92 Å². The van der Waals surface area contributed by atoms with Gasteiger partial charge < -0.3 is 9.77 Å². The van der Waals surface area contributed by atoms with E-state index in [1.54, 1.807) is 4.57 Å². The molecular formula is C10H9N3O. The lowest BCUT2D eigenvalue weighted by atomic mass is 10.2. The van der Waals surface area contributed by atoms with Crippen LogP contribution in [0.25, 0.3) is 16.0 Å². The van der Waals surface area contributed by atoms with Crippen molar-refractivity contribution < 1.29 is 0 Å². The molecule has 1 aromatic heterocycles. The summed E-state index contributed by atoms with van der Waals surface area (Å²) in [6.07, 6.45) is 0. The first-order valence-electron chi connectivity index (χ1n) is 4.24. The number of benzene rings is 1. The predicted molar refractivity (Wildman–Crippen MR) is 55.2 cm³/mol. The second-order valence-corrected chi connectivity index (χ2v) is 3.19. The summed E-state index contributed by atoms with van der Waals surface area (Å²) in [7, 11) is 1.83. The molecule has 2 rings (SSSR count). The second kappa shape index (κ2) is 3.04. The predicted octanol–water partition coefficient (Wildman–Crippen LogP) is 2.06. The van der Waals surface area contributed by atoms with Gasteiger partial charge in [0.1, 0.15) is 0 Å². The molecule has 0 radical (unpaired) electrons. The average Bonchev–Trinajstić information content (AvgIpc) is 2.44. The molecular weight excluding hydrogens is 178 g/mol. The average molecular weight is 187 g/mol. The summed E-state index contributed by atoms with van der Waals surface area (Å²) < 4.78 is 1.79. The van der Waals surface area contributed by atoms with Gasteiger partial charge in [-0.3, -0.25) is 0 Å². The van der Waals surface area contributed by atoms with Gasteiger partial charge in [-0.1, -0.05) is 6.07 Å². The Bertz CT molecular complexity index is 545. The zero-order valence-electron chi connectivity index (χ0n) is 7.98. The minimum atomic E-state index is 0.459. The van der Waals surface area contributed by atoms with Gasteiger partial charge in [0, 0.05) is 12.1 Å². The number of hydrogen-bond acceptors (Lipinski definition) is 2. The fourth-order valence-electron chi connectivity index (χ4n) is 1.45. The van der Waals surface area contributed by atoms with E-state index in [0.29, 0.717) is 5.82 Å². The van der Waals surface area contributed by atoms with Crippen LogP contribution >= 0.6 is 0 Å². The van der Waals surface area contributed by atoms with Gasteiger partial charge in [-0.25, -0.2) is 4.98 Å². The van der Waals surface area contributed by atoms with Crippen molar-refractivity contribution in [3.8, 4) is 6.07 Å². The van der Waals surface area contributed by atoms with E-state index in [9.17, 15) is 5.21 Å². The van der Waals surface area contributed by atoms with E-state index in [2.05, 4.69) is 16.1 Å². The Hall–Kier alpha value is -2.02. The highest BCUT2D eigenvalue weighted by molar-refractivity contribution is 5.77. The van der Waals surface area contributed by atoms with Crippen LogP contribution in [0.3, 0.4) is 0 Å². The molecule has 0 aliphatic rings. The Morgan fingerprint density at radius 2 is 2.29 bits per heavy atom. The normalized spacial score (nSPS) is 9.86. The molecule has 4 heteroatoms. The highest BCUT2D eigenvalue weighted by Crippen LogP contribution is 2.15. The Morgan fingerprint density at radius 1 is 1.50 bits per heavy atom. The molecule has 0 saturated carbocycles. The quantitative estimate of drug-likeness (QED) is 0.592. The molecule has 0 N–H and O–H groups in total. The molecule has 14 heavy (non-hydrogen) atoms. The lowest BCUT2D eigenvalue weighted by molar-refractivity contribution is 0.925. The van der Waals surface area contributed by atoms with Gasteiger partial charge in [-0.05, 0) is 24.6 Å². The lowest BCUT2D eigenvalue weighted by Gasteiger charge is -1.94. The van der Waals surface area contributed by atoms with Crippen LogP contribution in [-0.2, 0) is 7.05 Å². The van der Waals surface area contributed by atoms with Crippen LogP contribution in [0.4, 0.5) is 0 Å². The van der Waals surface area contributed by atoms with Crippen molar-refractivity contribution in [1.82, 2.24) is 9.55 Å². The van der Waals surface area contributed by atoms with Gasteiger partial charge in [-0.2, -0.15) is 0 Å². The summed E-state index contributed by atoms with van der Waals surface area (Å²) in [4.78, 5) is 4.22. The third-order valence-corrected chi connectivity index (χ3v) is 2.18. The van der Waals surface area contributed by atoms with Gasteiger partial charge in [-0.15, -0.1) is 0 Å². The summed E-state index contributed by atoms with van der Waals surface area (Å²) >= 11 is 0. The SMILES string of the molecule is Cc1ccc2c(c1)nc(C#[N+][O-])n2C. The Morgan fingerprint density at radius 3 is 3.00 bits per heavy atom. The highest BCUT2D eigenvalue weighted by atomic mass is 16.4. The molecule has 0 aliphatic heterocycles. The summed E-state index contributed by atoms with van der Waals surface area (Å²) in [6.45, 7) is 2.00. The Kier molecular flexibility index (Phi) is 1.86. The van der Waals surface area contributed by atoms with Gasteiger partial charge >= 0.3 is 6.07 Å². The number of rotatable bonds is 0. The van der Waals surface area contributed by atoms with Crippen molar-refractivity contribution in [2.75, 3.05) is 0 Å². The molecule has 70 valence electrons. The molecule has 0 spiro atoms. The summed E-state index contributed by atoms with van der Waals surface area (Å²) in [5.74, 6) is 0.459. The first kappa shape index (κ1) is 8.57. The first-order chi connectivity index (χ1) is 6.72. The van der Waals surface area contributed by atoms with Crippen molar-refractivity contribution in [1.29, 1.82) is 0 Å². The Balaban J connectivity index is 2.77. The van der Waals surface area contributed by atoms with E-state index in [1.807, 2.05) is 32.2 Å². The number of aromatic nitrogens is 2. The molecule has 1 heterocycles. The van der Waals surface area contributed by atoms with Crippen molar-refractivity contribution in [3.05, 3.63) is 39.8 Å². The molecule has 1 aromatic carbocycles. The smallest absolute Gasteiger partial charge is 0.376 e. The van der Waals surface area contributed by atoms with Gasteiger partial charge in [0.05, 0.1) is 11.0 Å². The van der Waals surface area contributed by atoms with Gasteiger partial charge in [0.15, 0.2) is 0 Å². The van der Waals surface area contributed by atoms with Crippen molar-refractivity contribution >= 4 is 11.0 Å². The van der Waals surface area contributed by atoms with Crippen LogP contribution in [0.1, 0.15) is 11.4 Å². The van der Waals surface area contributed by atoms with E-state index in [4.69, 9.17) is 0 Å². The van der Waals surface area contributed by atoms with Crippen molar-refractivity contribution in [3.63, 3.8) is 0 Å². The largest absolute Gasteiger partial charge is 0.498 e.